The molecule has 0 radical (unpaired) electrons. The first-order valence-electron chi connectivity index (χ1n) is 19.1. The molecule has 0 amide bonds. The summed E-state index contributed by atoms with van der Waals surface area (Å²) in [6.45, 7) is 11.2. The van der Waals surface area contributed by atoms with Crippen LogP contribution < -0.4 is 0 Å². The standard InChI is InChI=1S/C39H64O10/c1-4-16-32(44-27-11-7-9-13-29-46-36(40)5-2)17-15-18-38(42)48-34-23-25-35(26-24-34)49-39(43)31-19-21-33(22-20-31)45-28-12-8-10-14-30-47-37(41)6-3/h5-6,31-35H,2-4,7-30H2,1H3. The van der Waals surface area contributed by atoms with Crippen LogP contribution in [0.2, 0.25) is 0 Å². The van der Waals surface area contributed by atoms with Crippen molar-refractivity contribution in [3.63, 3.8) is 0 Å². The van der Waals surface area contributed by atoms with Crippen LogP contribution in [0, 0.1) is 5.92 Å². The van der Waals surface area contributed by atoms with Gasteiger partial charge in [0.1, 0.15) is 12.2 Å². The molecular formula is C39H64O10. The number of hydrogen-bond acceptors (Lipinski definition) is 10. The van der Waals surface area contributed by atoms with Crippen molar-refractivity contribution in [2.45, 2.75) is 166 Å². The van der Waals surface area contributed by atoms with Gasteiger partial charge in [-0.15, -0.1) is 0 Å². The largest absolute Gasteiger partial charge is 0.463 e. The molecule has 1 atom stereocenters. The molecule has 0 N–H and O–H groups in total. The Bertz CT molecular complexity index is 949. The molecule has 2 fully saturated rings. The summed E-state index contributed by atoms with van der Waals surface area (Å²) in [5.74, 6) is -1.05. The molecule has 0 saturated heterocycles. The van der Waals surface area contributed by atoms with E-state index in [1.54, 1.807) is 0 Å². The Morgan fingerprint density at radius 3 is 1.67 bits per heavy atom. The molecule has 0 spiro atoms. The van der Waals surface area contributed by atoms with Gasteiger partial charge in [0.2, 0.25) is 0 Å². The number of rotatable bonds is 27. The van der Waals surface area contributed by atoms with Gasteiger partial charge in [-0.25, -0.2) is 9.59 Å². The third-order valence-corrected chi connectivity index (χ3v) is 9.33. The lowest BCUT2D eigenvalue weighted by atomic mass is 9.87. The highest BCUT2D eigenvalue weighted by Crippen LogP contribution is 2.30. The topological polar surface area (TPSA) is 124 Å². The summed E-state index contributed by atoms with van der Waals surface area (Å²) >= 11 is 0. The minimum atomic E-state index is -0.375. The first-order valence-corrected chi connectivity index (χ1v) is 19.1. The first kappa shape index (κ1) is 42.4. The molecule has 0 bridgehead atoms. The van der Waals surface area contributed by atoms with Crippen LogP contribution in [0.1, 0.15) is 142 Å². The van der Waals surface area contributed by atoms with Crippen molar-refractivity contribution in [1.82, 2.24) is 0 Å². The van der Waals surface area contributed by atoms with Gasteiger partial charge in [0.25, 0.3) is 0 Å². The lowest BCUT2D eigenvalue weighted by Gasteiger charge is -2.31. The van der Waals surface area contributed by atoms with Crippen molar-refractivity contribution in [3.05, 3.63) is 25.3 Å². The molecule has 0 heterocycles. The zero-order chi connectivity index (χ0) is 35.5. The number of carbonyl (C=O) groups excluding carboxylic acids is 4. The number of esters is 4. The molecule has 10 nitrogen and oxygen atoms in total. The minimum absolute atomic E-state index is 0.0604. The average molecular weight is 693 g/mol. The van der Waals surface area contributed by atoms with Crippen molar-refractivity contribution in [3.8, 4) is 0 Å². The summed E-state index contributed by atoms with van der Waals surface area (Å²) in [6.07, 6.45) is 20.4. The minimum Gasteiger partial charge on any atom is -0.463 e. The van der Waals surface area contributed by atoms with E-state index >= 15 is 0 Å². The quantitative estimate of drug-likeness (QED) is 0.0363. The van der Waals surface area contributed by atoms with Gasteiger partial charge in [0, 0.05) is 31.8 Å². The van der Waals surface area contributed by atoms with Crippen molar-refractivity contribution >= 4 is 23.9 Å². The summed E-state index contributed by atoms with van der Waals surface area (Å²) in [5, 5.41) is 0. The maximum Gasteiger partial charge on any atom is 0.330 e. The molecule has 10 heteroatoms. The van der Waals surface area contributed by atoms with Crippen LogP contribution in [0.4, 0.5) is 0 Å². The Balaban J connectivity index is 1.48. The lowest BCUT2D eigenvalue weighted by molar-refractivity contribution is -0.162. The summed E-state index contributed by atoms with van der Waals surface area (Å²) in [4.78, 5) is 47.5. The van der Waals surface area contributed by atoms with Crippen molar-refractivity contribution in [1.29, 1.82) is 0 Å². The van der Waals surface area contributed by atoms with Gasteiger partial charge in [-0.2, -0.15) is 0 Å². The highest BCUT2D eigenvalue weighted by Gasteiger charge is 2.31. The average Bonchev–Trinajstić information content (AvgIpc) is 3.11. The van der Waals surface area contributed by atoms with E-state index in [2.05, 4.69) is 20.1 Å². The molecule has 2 aliphatic carbocycles. The Hall–Kier alpha value is -2.72. The fraction of sp³-hybridized carbons (Fsp3) is 0.795. The Kier molecular flexibility index (Phi) is 23.4. The van der Waals surface area contributed by atoms with Crippen LogP contribution in [-0.4, -0.2) is 74.7 Å². The van der Waals surface area contributed by atoms with Gasteiger partial charge >= 0.3 is 23.9 Å². The fourth-order valence-electron chi connectivity index (χ4n) is 6.42. The molecule has 2 rings (SSSR count). The third kappa shape index (κ3) is 20.5. The molecule has 0 aromatic heterocycles. The SMILES string of the molecule is C=CC(=O)OCCCCCCOC(CCC)CCCC(=O)OC1CCC(OC(=O)C2CCC(OCCCCCCOC(=O)C=C)CC2)CC1. The van der Waals surface area contributed by atoms with E-state index in [-0.39, 0.29) is 54.2 Å². The fourth-order valence-corrected chi connectivity index (χ4v) is 6.42. The lowest BCUT2D eigenvalue weighted by Crippen LogP contribution is -2.33. The van der Waals surface area contributed by atoms with Gasteiger partial charge < -0.3 is 28.4 Å². The van der Waals surface area contributed by atoms with Crippen LogP contribution in [0.3, 0.4) is 0 Å². The Labute approximate surface area is 295 Å². The molecule has 280 valence electrons. The second-order valence-corrected chi connectivity index (χ2v) is 13.4. The summed E-state index contributed by atoms with van der Waals surface area (Å²) in [7, 11) is 0. The summed E-state index contributed by atoms with van der Waals surface area (Å²) < 4.78 is 33.8. The number of carbonyl (C=O) groups is 4. The number of ether oxygens (including phenoxy) is 6. The maximum atomic E-state index is 12.9. The first-order chi connectivity index (χ1) is 23.8. The van der Waals surface area contributed by atoms with Crippen molar-refractivity contribution in [2.75, 3.05) is 26.4 Å². The van der Waals surface area contributed by atoms with Gasteiger partial charge in [0.15, 0.2) is 0 Å². The van der Waals surface area contributed by atoms with Crippen LogP contribution in [0.25, 0.3) is 0 Å². The Morgan fingerprint density at radius 2 is 1.12 bits per heavy atom. The van der Waals surface area contributed by atoms with Gasteiger partial charge in [-0.05, 0) is 109 Å². The highest BCUT2D eigenvalue weighted by molar-refractivity contribution is 5.81. The monoisotopic (exact) mass is 692 g/mol. The molecule has 49 heavy (non-hydrogen) atoms. The number of hydrogen-bond donors (Lipinski definition) is 0. The second-order valence-electron chi connectivity index (χ2n) is 13.4. The van der Waals surface area contributed by atoms with E-state index in [0.29, 0.717) is 26.2 Å². The molecule has 2 aliphatic rings. The maximum absolute atomic E-state index is 12.9. The molecule has 2 saturated carbocycles. The summed E-state index contributed by atoms with van der Waals surface area (Å²) in [6, 6.07) is 0. The summed E-state index contributed by atoms with van der Waals surface area (Å²) in [5.41, 5.74) is 0. The molecule has 0 aromatic carbocycles. The van der Waals surface area contributed by atoms with E-state index in [0.717, 1.165) is 135 Å². The molecule has 0 aliphatic heterocycles. The highest BCUT2D eigenvalue weighted by atomic mass is 16.6. The molecule has 0 aromatic rings. The van der Waals surface area contributed by atoms with Crippen LogP contribution in [0.5, 0.6) is 0 Å². The number of unbranched alkanes of at least 4 members (excludes halogenated alkanes) is 6. The van der Waals surface area contributed by atoms with Crippen LogP contribution in [-0.2, 0) is 47.6 Å². The molecular weight excluding hydrogens is 628 g/mol. The van der Waals surface area contributed by atoms with Crippen molar-refractivity contribution in [2.24, 2.45) is 5.92 Å². The predicted molar refractivity (Wildman–Crippen MR) is 188 cm³/mol. The van der Waals surface area contributed by atoms with E-state index < -0.39 is 0 Å². The zero-order valence-electron chi connectivity index (χ0n) is 30.2. The van der Waals surface area contributed by atoms with E-state index in [1.807, 2.05) is 0 Å². The van der Waals surface area contributed by atoms with E-state index in [1.165, 1.54) is 12.2 Å². The zero-order valence-corrected chi connectivity index (χ0v) is 30.2. The Morgan fingerprint density at radius 1 is 0.612 bits per heavy atom. The molecule has 1 unspecified atom stereocenters. The van der Waals surface area contributed by atoms with Crippen molar-refractivity contribution < 1.29 is 47.6 Å². The van der Waals surface area contributed by atoms with Gasteiger partial charge in [-0.3, -0.25) is 9.59 Å². The smallest absolute Gasteiger partial charge is 0.330 e. The van der Waals surface area contributed by atoms with Gasteiger partial charge in [-0.1, -0.05) is 39.3 Å². The third-order valence-electron chi connectivity index (χ3n) is 9.33. The van der Waals surface area contributed by atoms with E-state index in [4.69, 9.17) is 28.4 Å². The van der Waals surface area contributed by atoms with E-state index in [9.17, 15) is 19.2 Å². The predicted octanol–water partition coefficient (Wildman–Crippen LogP) is 7.89. The normalized spacial score (nSPS) is 21.2. The van der Waals surface area contributed by atoms with Crippen LogP contribution in [0.15, 0.2) is 25.3 Å². The van der Waals surface area contributed by atoms with Gasteiger partial charge in [0.05, 0.1) is 31.3 Å². The van der Waals surface area contributed by atoms with Crippen LogP contribution >= 0.6 is 0 Å². The second kappa shape index (κ2) is 27.1.